The van der Waals surface area contributed by atoms with Gasteiger partial charge in [0, 0.05) is 24.9 Å². The first-order chi connectivity index (χ1) is 9.49. The van der Waals surface area contributed by atoms with E-state index >= 15 is 0 Å². The fraction of sp³-hybridized carbons (Fsp3) is 0.625. The van der Waals surface area contributed by atoms with Gasteiger partial charge in [-0.15, -0.1) is 0 Å². The lowest BCUT2D eigenvalue weighted by molar-refractivity contribution is 0.132. The molecule has 0 amide bonds. The molecule has 0 aromatic heterocycles. The van der Waals surface area contributed by atoms with Crippen molar-refractivity contribution in [1.29, 1.82) is 0 Å². The van der Waals surface area contributed by atoms with Crippen LogP contribution < -0.4 is 15.8 Å². The van der Waals surface area contributed by atoms with Gasteiger partial charge >= 0.3 is 0 Å². The molecule has 0 heterocycles. The van der Waals surface area contributed by atoms with Gasteiger partial charge in [0.1, 0.15) is 5.75 Å². The highest BCUT2D eigenvalue weighted by Crippen LogP contribution is 2.26. The molecule has 20 heavy (non-hydrogen) atoms. The van der Waals surface area contributed by atoms with Crippen molar-refractivity contribution in [3.8, 4) is 5.75 Å². The van der Waals surface area contributed by atoms with Crippen molar-refractivity contribution in [3.63, 3.8) is 0 Å². The standard InChI is InChI=1S/C16H28N2O2/c1-12(2)7-9-19-10-8-18-14-5-6-15(17)16(11-14)20-13(3)4/h5-6,11-13,18H,7-10,17H2,1-4H3. The number of nitrogen functional groups attached to an aromatic ring is 1. The zero-order valence-electron chi connectivity index (χ0n) is 13.1. The highest BCUT2D eigenvalue weighted by atomic mass is 16.5. The summed E-state index contributed by atoms with van der Waals surface area (Å²) in [6, 6.07) is 5.75. The van der Waals surface area contributed by atoms with Gasteiger partial charge in [0.05, 0.1) is 18.4 Å². The van der Waals surface area contributed by atoms with Crippen molar-refractivity contribution in [1.82, 2.24) is 0 Å². The smallest absolute Gasteiger partial charge is 0.144 e. The van der Waals surface area contributed by atoms with E-state index < -0.39 is 0 Å². The number of hydrogen-bond acceptors (Lipinski definition) is 4. The Morgan fingerprint density at radius 3 is 2.55 bits per heavy atom. The number of nitrogens with two attached hydrogens (primary N) is 1. The molecule has 1 rings (SSSR count). The molecule has 0 radical (unpaired) electrons. The second kappa shape index (κ2) is 8.69. The maximum absolute atomic E-state index is 5.88. The summed E-state index contributed by atoms with van der Waals surface area (Å²) in [6.45, 7) is 10.7. The van der Waals surface area contributed by atoms with Gasteiger partial charge in [0.25, 0.3) is 0 Å². The molecule has 0 fully saturated rings. The SMILES string of the molecule is CC(C)CCOCCNc1ccc(N)c(OC(C)C)c1. The third kappa shape index (κ3) is 6.66. The molecule has 1 aromatic carbocycles. The predicted octanol–water partition coefficient (Wildman–Crippen LogP) is 3.53. The molecule has 3 N–H and O–H groups in total. The first-order valence-electron chi connectivity index (χ1n) is 7.37. The number of nitrogens with one attached hydrogen (secondary N) is 1. The van der Waals surface area contributed by atoms with Crippen LogP contribution in [-0.4, -0.2) is 25.9 Å². The third-order valence-electron chi connectivity index (χ3n) is 2.79. The second-order valence-corrected chi connectivity index (χ2v) is 5.64. The fourth-order valence-electron chi connectivity index (χ4n) is 1.69. The lowest BCUT2D eigenvalue weighted by Crippen LogP contribution is -2.12. The summed E-state index contributed by atoms with van der Waals surface area (Å²) in [4.78, 5) is 0. The van der Waals surface area contributed by atoms with Gasteiger partial charge in [-0.25, -0.2) is 0 Å². The Morgan fingerprint density at radius 2 is 1.90 bits per heavy atom. The van der Waals surface area contributed by atoms with Crippen molar-refractivity contribution in [2.45, 2.75) is 40.2 Å². The minimum Gasteiger partial charge on any atom is -0.489 e. The normalized spacial score (nSPS) is 11.1. The van der Waals surface area contributed by atoms with E-state index in [-0.39, 0.29) is 6.10 Å². The van der Waals surface area contributed by atoms with Crippen LogP contribution in [-0.2, 0) is 4.74 Å². The molecule has 0 aliphatic rings. The van der Waals surface area contributed by atoms with Crippen LogP contribution >= 0.6 is 0 Å². The molecule has 114 valence electrons. The molecule has 1 aromatic rings. The Bertz CT molecular complexity index is 392. The first kappa shape index (κ1) is 16.6. The molecule has 0 aliphatic heterocycles. The average Bonchev–Trinajstić information content (AvgIpc) is 2.36. The minimum atomic E-state index is 0.118. The molecule has 4 nitrogen and oxygen atoms in total. The van der Waals surface area contributed by atoms with Crippen molar-refractivity contribution in [2.24, 2.45) is 5.92 Å². The van der Waals surface area contributed by atoms with Crippen LogP contribution in [0.2, 0.25) is 0 Å². The van der Waals surface area contributed by atoms with Crippen molar-refractivity contribution < 1.29 is 9.47 Å². The van der Waals surface area contributed by atoms with Crippen LogP contribution in [0.3, 0.4) is 0 Å². The lowest BCUT2D eigenvalue weighted by atomic mass is 10.1. The molecule has 0 spiro atoms. The summed E-state index contributed by atoms with van der Waals surface area (Å²) < 4.78 is 11.2. The zero-order valence-corrected chi connectivity index (χ0v) is 13.1. The number of anilines is 2. The van der Waals surface area contributed by atoms with Gasteiger partial charge in [-0.1, -0.05) is 13.8 Å². The highest BCUT2D eigenvalue weighted by Gasteiger charge is 2.04. The second-order valence-electron chi connectivity index (χ2n) is 5.64. The quantitative estimate of drug-likeness (QED) is 0.536. The van der Waals surface area contributed by atoms with Crippen LogP contribution in [0.25, 0.3) is 0 Å². The fourth-order valence-corrected chi connectivity index (χ4v) is 1.69. The molecule has 4 heteroatoms. The van der Waals surface area contributed by atoms with E-state index in [1.54, 1.807) is 0 Å². The van der Waals surface area contributed by atoms with Gasteiger partial charge < -0.3 is 20.5 Å². The molecule has 0 aliphatic carbocycles. The van der Waals surface area contributed by atoms with Crippen LogP contribution in [0.4, 0.5) is 11.4 Å². The van der Waals surface area contributed by atoms with E-state index in [1.807, 2.05) is 32.0 Å². The third-order valence-corrected chi connectivity index (χ3v) is 2.79. The lowest BCUT2D eigenvalue weighted by Gasteiger charge is -2.14. The van der Waals surface area contributed by atoms with E-state index in [1.165, 1.54) is 0 Å². The summed E-state index contributed by atoms with van der Waals surface area (Å²) in [7, 11) is 0. The molecule has 0 saturated carbocycles. The van der Waals surface area contributed by atoms with Gasteiger partial charge in [-0.2, -0.15) is 0 Å². The zero-order chi connectivity index (χ0) is 15.0. The number of ether oxygens (including phenoxy) is 2. The summed E-state index contributed by atoms with van der Waals surface area (Å²) in [6.07, 6.45) is 1.22. The van der Waals surface area contributed by atoms with Gasteiger partial charge in [0.15, 0.2) is 0 Å². The Labute approximate surface area is 122 Å². The van der Waals surface area contributed by atoms with Crippen molar-refractivity contribution >= 4 is 11.4 Å². The van der Waals surface area contributed by atoms with Crippen LogP contribution in [0.1, 0.15) is 34.1 Å². The van der Waals surface area contributed by atoms with E-state index in [2.05, 4.69) is 19.2 Å². The maximum atomic E-state index is 5.88. The molecule has 0 saturated heterocycles. The molecular formula is C16H28N2O2. The minimum absolute atomic E-state index is 0.118. The van der Waals surface area contributed by atoms with Gasteiger partial charge in [-0.3, -0.25) is 0 Å². The van der Waals surface area contributed by atoms with Crippen molar-refractivity contribution in [3.05, 3.63) is 18.2 Å². The highest BCUT2D eigenvalue weighted by molar-refractivity contribution is 5.61. The Kier molecular flexibility index (Phi) is 7.23. The number of rotatable bonds is 9. The topological polar surface area (TPSA) is 56.5 Å². The van der Waals surface area contributed by atoms with Crippen molar-refractivity contribution in [2.75, 3.05) is 30.8 Å². The average molecular weight is 280 g/mol. The Morgan fingerprint density at radius 1 is 1.15 bits per heavy atom. The molecule has 0 atom stereocenters. The van der Waals surface area contributed by atoms with Crippen LogP contribution in [0.5, 0.6) is 5.75 Å². The summed E-state index contributed by atoms with van der Waals surface area (Å²) in [5, 5.41) is 3.31. The Hall–Kier alpha value is -1.42. The maximum Gasteiger partial charge on any atom is 0.144 e. The molecule has 0 bridgehead atoms. The summed E-state index contributed by atoms with van der Waals surface area (Å²) in [5.41, 5.74) is 7.55. The van der Waals surface area contributed by atoms with E-state index in [4.69, 9.17) is 15.2 Å². The van der Waals surface area contributed by atoms with Crippen LogP contribution in [0.15, 0.2) is 18.2 Å². The number of hydrogen-bond donors (Lipinski definition) is 2. The van der Waals surface area contributed by atoms with E-state index in [0.29, 0.717) is 18.2 Å². The molecule has 0 unspecified atom stereocenters. The van der Waals surface area contributed by atoms with E-state index in [9.17, 15) is 0 Å². The summed E-state index contributed by atoms with van der Waals surface area (Å²) >= 11 is 0. The van der Waals surface area contributed by atoms with Gasteiger partial charge in [0.2, 0.25) is 0 Å². The number of benzene rings is 1. The van der Waals surface area contributed by atoms with E-state index in [0.717, 1.165) is 31.0 Å². The largest absolute Gasteiger partial charge is 0.489 e. The predicted molar refractivity (Wildman–Crippen MR) is 85.4 cm³/mol. The van der Waals surface area contributed by atoms with Crippen LogP contribution in [0, 0.1) is 5.92 Å². The first-order valence-corrected chi connectivity index (χ1v) is 7.37. The monoisotopic (exact) mass is 280 g/mol. The molecular weight excluding hydrogens is 252 g/mol. The summed E-state index contributed by atoms with van der Waals surface area (Å²) in [5.74, 6) is 1.42. The van der Waals surface area contributed by atoms with Gasteiger partial charge in [-0.05, 0) is 38.3 Å². The Balaban J connectivity index is 2.33.